The van der Waals surface area contributed by atoms with E-state index in [4.69, 9.17) is 15.6 Å². The molecule has 1 rings (SSSR count). The molecular weight excluding hydrogens is 190 g/mol. The molecular formula is C12H19NO2. The van der Waals surface area contributed by atoms with Crippen LogP contribution in [0, 0.1) is 0 Å². The minimum atomic E-state index is -0.532. The van der Waals surface area contributed by atoms with Gasteiger partial charge in [-0.2, -0.15) is 0 Å². The van der Waals surface area contributed by atoms with Crippen LogP contribution in [0.4, 0.5) is 0 Å². The van der Waals surface area contributed by atoms with Gasteiger partial charge in [0, 0.05) is 0 Å². The van der Waals surface area contributed by atoms with Gasteiger partial charge in [-0.15, -0.1) is 0 Å². The fourth-order valence-electron chi connectivity index (χ4n) is 1.24. The molecule has 3 heteroatoms. The number of hydrogen-bond donors (Lipinski definition) is 2. The minimum absolute atomic E-state index is 0.00243. The van der Waals surface area contributed by atoms with Crippen LogP contribution in [-0.2, 0) is 6.42 Å². The standard InChI is InChI=1S/C12H19NO2/c1-12(2,9-14)15-11-5-3-10(4-6-11)7-8-13/h3-6,14H,7-9,13H2,1-2H3. The molecule has 3 N–H and O–H groups in total. The predicted molar refractivity (Wildman–Crippen MR) is 61.0 cm³/mol. The molecule has 0 heterocycles. The summed E-state index contributed by atoms with van der Waals surface area (Å²) in [7, 11) is 0. The molecule has 84 valence electrons. The summed E-state index contributed by atoms with van der Waals surface area (Å²) in [6, 6.07) is 7.80. The van der Waals surface area contributed by atoms with Gasteiger partial charge in [0.2, 0.25) is 0 Å². The van der Waals surface area contributed by atoms with Crippen LogP contribution in [0.5, 0.6) is 5.75 Å². The Morgan fingerprint density at radius 1 is 1.27 bits per heavy atom. The summed E-state index contributed by atoms with van der Waals surface area (Å²) in [6.45, 7) is 4.35. The summed E-state index contributed by atoms with van der Waals surface area (Å²) in [6.07, 6.45) is 0.879. The van der Waals surface area contributed by atoms with Gasteiger partial charge in [0.1, 0.15) is 11.4 Å². The predicted octanol–water partition coefficient (Wildman–Crippen LogP) is 1.34. The summed E-state index contributed by atoms with van der Waals surface area (Å²) in [5.74, 6) is 0.773. The zero-order valence-corrected chi connectivity index (χ0v) is 9.36. The summed E-state index contributed by atoms with van der Waals surface area (Å²) in [4.78, 5) is 0. The second kappa shape index (κ2) is 5.14. The largest absolute Gasteiger partial charge is 0.485 e. The number of rotatable bonds is 5. The van der Waals surface area contributed by atoms with Gasteiger partial charge in [-0.1, -0.05) is 12.1 Å². The van der Waals surface area contributed by atoms with Crippen LogP contribution in [-0.4, -0.2) is 23.9 Å². The number of ether oxygens (including phenoxy) is 1. The van der Waals surface area contributed by atoms with Gasteiger partial charge in [-0.05, 0) is 44.5 Å². The molecule has 0 aromatic heterocycles. The second-order valence-corrected chi connectivity index (χ2v) is 4.20. The van der Waals surface area contributed by atoms with Crippen LogP contribution < -0.4 is 10.5 Å². The topological polar surface area (TPSA) is 55.5 Å². The fraction of sp³-hybridized carbons (Fsp3) is 0.500. The average Bonchev–Trinajstić information content (AvgIpc) is 2.21. The third-order valence-electron chi connectivity index (χ3n) is 2.13. The molecule has 0 aliphatic rings. The molecule has 0 unspecified atom stereocenters. The van der Waals surface area contributed by atoms with E-state index in [0.29, 0.717) is 6.54 Å². The highest BCUT2D eigenvalue weighted by Gasteiger charge is 2.17. The van der Waals surface area contributed by atoms with Crippen molar-refractivity contribution in [1.82, 2.24) is 0 Å². The quantitative estimate of drug-likeness (QED) is 0.769. The molecule has 0 bridgehead atoms. The first-order chi connectivity index (χ1) is 7.07. The fourth-order valence-corrected chi connectivity index (χ4v) is 1.24. The molecule has 15 heavy (non-hydrogen) atoms. The van der Waals surface area contributed by atoms with Crippen molar-refractivity contribution in [2.24, 2.45) is 5.73 Å². The lowest BCUT2D eigenvalue weighted by molar-refractivity contribution is 0.0412. The zero-order valence-electron chi connectivity index (χ0n) is 9.36. The van der Waals surface area contributed by atoms with E-state index in [2.05, 4.69) is 0 Å². The highest BCUT2D eigenvalue weighted by Crippen LogP contribution is 2.18. The van der Waals surface area contributed by atoms with Gasteiger partial charge in [-0.3, -0.25) is 0 Å². The molecule has 0 amide bonds. The summed E-state index contributed by atoms with van der Waals surface area (Å²) in [5, 5.41) is 9.05. The van der Waals surface area contributed by atoms with Gasteiger partial charge in [-0.25, -0.2) is 0 Å². The van der Waals surface area contributed by atoms with E-state index < -0.39 is 5.60 Å². The first kappa shape index (κ1) is 12.0. The van der Waals surface area contributed by atoms with Crippen molar-refractivity contribution in [3.63, 3.8) is 0 Å². The van der Waals surface area contributed by atoms with Crippen molar-refractivity contribution < 1.29 is 9.84 Å². The highest BCUT2D eigenvalue weighted by atomic mass is 16.5. The molecule has 0 spiro atoms. The second-order valence-electron chi connectivity index (χ2n) is 4.20. The maximum absolute atomic E-state index is 9.05. The van der Waals surface area contributed by atoms with Crippen molar-refractivity contribution in [1.29, 1.82) is 0 Å². The average molecular weight is 209 g/mol. The Morgan fingerprint density at radius 2 is 1.87 bits per heavy atom. The Kier molecular flexibility index (Phi) is 4.12. The van der Waals surface area contributed by atoms with Crippen LogP contribution in [0.3, 0.4) is 0 Å². The van der Waals surface area contributed by atoms with E-state index in [-0.39, 0.29) is 6.61 Å². The van der Waals surface area contributed by atoms with E-state index >= 15 is 0 Å². The molecule has 0 saturated heterocycles. The first-order valence-corrected chi connectivity index (χ1v) is 5.16. The normalized spacial score (nSPS) is 11.5. The number of nitrogens with two attached hydrogens (primary N) is 1. The summed E-state index contributed by atoms with van der Waals surface area (Å²) >= 11 is 0. The third-order valence-corrected chi connectivity index (χ3v) is 2.13. The molecule has 1 aromatic carbocycles. The van der Waals surface area contributed by atoms with Gasteiger partial charge >= 0.3 is 0 Å². The Bertz CT molecular complexity index is 293. The van der Waals surface area contributed by atoms with Gasteiger partial charge in [0.05, 0.1) is 6.61 Å². The maximum Gasteiger partial charge on any atom is 0.126 e. The molecule has 0 atom stereocenters. The minimum Gasteiger partial charge on any atom is -0.485 e. The molecule has 0 aliphatic carbocycles. The lowest BCUT2D eigenvalue weighted by Crippen LogP contribution is -2.32. The van der Waals surface area contributed by atoms with Gasteiger partial charge in [0.25, 0.3) is 0 Å². The van der Waals surface area contributed by atoms with Crippen LogP contribution in [0.15, 0.2) is 24.3 Å². The van der Waals surface area contributed by atoms with Crippen molar-refractivity contribution in [3.8, 4) is 5.75 Å². The summed E-state index contributed by atoms with van der Waals surface area (Å²) in [5.41, 5.74) is 6.13. The molecule has 0 fully saturated rings. The number of aliphatic hydroxyl groups excluding tert-OH is 1. The van der Waals surface area contributed by atoms with E-state index in [1.54, 1.807) is 0 Å². The van der Waals surface area contributed by atoms with E-state index in [0.717, 1.165) is 12.2 Å². The van der Waals surface area contributed by atoms with E-state index in [1.165, 1.54) is 5.56 Å². The monoisotopic (exact) mass is 209 g/mol. The SMILES string of the molecule is CC(C)(CO)Oc1ccc(CCN)cc1. The van der Waals surface area contributed by atoms with E-state index in [1.807, 2.05) is 38.1 Å². The zero-order chi connectivity index (χ0) is 11.3. The number of hydrogen-bond acceptors (Lipinski definition) is 3. The van der Waals surface area contributed by atoms with Crippen LogP contribution in [0.25, 0.3) is 0 Å². The van der Waals surface area contributed by atoms with Gasteiger partial charge in [0.15, 0.2) is 0 Å². The van der Waals surface area contributed by atoms with Crippen molar-refractivity contribution in [2.75, 3.05) is 13.2 Å². The van der Waals surface area contributed by atoms with Crippen molar-refractivity contribution >= 4 is 0 Å². The van der Waals surface area contributed by atoms with Crippen LogP contribution >= 0.6 is 0 Å². The maximum atomic E-state index is 9.05. The smallest absolute Gasteiger partial charge is 0.126 e. The van der Waals surface area contributed by atoms with Crippen LogP contribution in [0.2, 0.25) is 0 Å². The third kappa shape index (κ3) is 3.90. The molecule has 1 aromatic rings. The van der Waals surface area contributed by atoms with Crippen molar-refractivity contribution in [2.45, 2.75) is 25.9 Å². The Balaban J connectivity index is 2.64. The van der Waals surface area contributed by atoms with Crippen molar-refractivity contribution in [3.05, 3.63) is 29.8 Å². The lowest BCUT2D eigenvalue weighted by Gasteiger charge is -2.23. The highest BCUT2D eigenvalue weighted by molar-refractivity contribution is 5.28. The van der Waals surface area contributed by atoms with Gasteiger partial charge < -0.3 is 15.6 Å². The molecule has 0 aliphatic heterocycles. The first-order valence-electron chi connectivity index (χ1n) is 5.16. The Morgan fingerprint density at radius 3 is 2.33 bits per heavy atom. The lowest BCUT2D eigenvalue weighted by atomic mass is 10.1. The van der Waals surface area contributed by atoms with Crippen LogP contribution in [0.1, 0.15) is 19.4 Å². The number of benzene rings is 1. The molecule has 0 radical (unpaired) electrons. The Hall–Kier alpha value is -1.06. The summed E-state index contributed by atoms with van der Waals surface area (Å²) < 4.78 is 5.60. The number of aliphatic hydroxyl groups is 1. The molecule has 3 nitrogen and oxygen atoms in total. The van der Waals surface area contributed by atoms with E-state index in [9.17, 15) is 0 Å². The Labute approximate surface area is 90.9 Å². The molecule has 0 saturated carbocycles.